The number of β-amino-alcohol motifs (C(OH)–C–C–N with tert-alkyl or cyclic N) is 1. The average molecular weight is 189 g/mol. The van der Waals surface area contributed by atoms with Gasteiger partial charge in [-0.3, -0.25) is 4.79 Å². The fourth-order valence-corrected chi connectivity index (χ4v) is 0.784. The van der Waals surface area contributed by atoms with Crippen LogP contribution in [0.3, 0.4) is 0 Å². The van der Waals surface area contributed by atoms with E-state index in [0.717, 1.165) is 19.5 Å². The van der Waals surface area contributed by atoms with Gasteiger partial charge in [-0.1, -0.05) is 0 Å². The first kappa shape index (κ1) is 12.4. The molecule has 0 aliphatic carbocycles. The van der Waals surface area contributed by atoms with Gasteiger partial charge in [-0.05, 0) is 33.7 Å². The van der Waals surface area contributed by atoms with Crippen LogP contribution in [0.2, 0.25) is 0 Å². The maximum absolute atomic E-state index is 9.60. The number of carbonyl (C=O) groups is 1. The van der Waals surface area contributed by atoms with Crippen molar-refractivity contribution in [3.63, 3.8) is 0 Å². The number of carbonyl (C=O) groups excluding carboxylic acids is 1. The predicted octanol–water partition coefficient (Wildman–Crippen LogP) is 0.299. The molecule has 1 atom stereocenters. The first-order valence-corrected chi connectivity index (χ1v) is 4.46. The highest BCUT2D eigenvalue weighted by Crippen LogP contribution is 2.02. The Morgan fingerprint density at radius 2 is 2.15 bits per heavy atom. The number of nitrogens with one attached hydrogen (secondary N) is 1. The van der Waals surface area contributed by atoms with Crippen molar-refractivity contribution in [1.29, 1.82) is 0 Å². The summed E-state index contributed by atoms with van der Waals surface area (Å²) >= 11 is 0. The van der Waals surface area contributed by atoms with E-state index in [0.29, 0.717) is 6.47 Å². The zero-order valence-electron chi connectivity index (χ0n) is 8.54. The molecule has 0 aromatic rings. The Balaban J connectivity index is 0.000000223. The third kappa shape index (κ3) is 9.30. The quantitative estimate of drug-likeness (QED) is 0.582. The summed E-state index contributed by atoms with van der Waals surface area (Å²) in [6, 6.07) is 0. The van der Waals surface area contributed by atoms with Crippen LogP contribution in [0.4, 0.5) is 0 Å². The van der Waals surface area contributed by atoms with Gasteiger partial charge in [-0.2, -0.15) is 0 Å². The van der Waals surface area contributed by atoms with E-state index in [1.807, 2.05) is 20.8 Å². The zero-order valence-corrected chi connectivity index (χ0v) is 8.54. The number of hydrogen-bond donors (Lipinski definition) is 2. The van der Waals surface area contributed by atoms with Crippen LogP contribution in [0.1, 0.15) is 27.2 Å². The highest BCUT2D eigenvalue weighted by atomic mass is 16.5. The lowest BCUT2D eigenvalue weighted by molar-refractivity contribution is -0.138. The molecule has 0 bridgehead atoms. The molecule has 13 heavy (non-hydrogen) atoms. The molecule has 4 heteroatoms. The van der Waals surface area contributed by atoms with Crippen LogP contribution in [-0.2, 0) is 9.53 Å². The van der Waals surface area contributed by atoms with E-state index in [1.165, 1.54) is 0 Å². The Morgan fingerprint density at radius 3 is 2.23 bits per heavy atom. The van der Waals surface area contributed by atoms with Gasteiger partial charge in [0.05, 0.1) is 6.10 Å². The minimum absolute atomic E-state index is 0.0648. The Morgan fingerprint density at radius 1 is 1.54 bits per heavy atom. The van der Waals surface area contributed by atoms with E-state index in [9.17, 15) is 4.79 Å². The second-order valence-corrected chi connectivity index (χ2v) is 3.97. The van der Waals surface area contributed by atoms with Crippen LogP contribution in [0.5, 0.6) is 0 Å². The van der Waals surface area contributed by atoms with Crippen LogP contribution in [-0.4, -0.2) is 36.4 Å². The minimum atomic E-state index is -0.318. The lowest BCUT2D eigenvalue weighted by Crippen LogP contribution is -2.17. The van der Waals surface area contributed by atoms with E-state index in [4.69, 9.17) is 5.11 Å². The van der Waals surface area contributed by atoms with Crippen molar-refractivity contribution in [3.05, 3.63) is 0 Å². The van der Waals surface area contributed by atoms with Crippen molar-refractivity contribution >= 4 is 6.47 Å². The number of aliphatic hydroxyl groups excluding tert-OH is 1. The molecule has 4 nitrogen and oxygen atoms in total. The molecule has 78 valence electrons. The van der Waals surface area contributed by atoms with E-state index < -0.39 is 0 Å². The van der Waals surface area contributed by atoms with Crippen molar-refractivity contribution in [3.8, 4) is 0 Å². The number of rotatable bonds is 1. The summed E-state index contributed by atoms with van der Waals surface area (Å²) in [6.45, 7) is 7.70. The highest BCUT2D eigenvalue weighted by Gasteiger charge is 2.08. The average Bonchev–Trinajstić information content (AvgIpc) is 2.38. The summed E-state index contributed by atoms with van der Waals surface area (Å²) in [4.78, 5) is 9.60. The molecule has 1 unspecified atom stereocenters. The van der Waals surface area contributed by atoms with Gasteiger partial charge >= 0.3 is 0 Å². The van der Waals surface area contributed by atoms with Crippen molar-refractivity contribution in [2.45, 2.75) is 38.9 Å². The lowest BCUT2D eigenvalue weighted by Gasteiger charge is -2.14. The maximum Gasteiger partial charge on any atom is 0.293 e. The molecule has 2 N–H and O–H groups in total. The van der Waals surface area contributed by atoms with Crippen LogP contribution in [0.15, 0.2) is 0 Å². The Hall–Kier alpha value is -0.610. The number of hydrogen-bond acceptors (Lipinski definition) is 4. The van der Waals surface area contributed by atoms with E-state index in [1.54, 1.807) is 0 Å². The SMILES string of the molecule is CC(C)(C)OC=O.OC1CCNC1. The molecule has 1 fully saturated rings. The molecule has 0 saturated carbocycles. The van der Waals surface area contributed by atoms with Gasteiger partial charge in [0.2, 0.25) is 0 Å². The normalized spacial score (nSPS) is 21.7. The molecule has 0 radical (unpaired) electrons. The van der Waals surface area contributed by atoms with Crippen LogP contribution in [0.25, 0.3) is 0 Å². The maximum atomic E-state index is 9.60. The zero-order chi connectivity index (χ0) is 10.3. The lowest BCUT2D eigenvalue weighted by atomic mass is 10.2. The van der Waals surface area contributed by atoms with Crippen LogP contribution in [0, 0.1) is 0 Å². The molecule has 1 saturated heterocycles. The Kier molecular flexibility index (Phi) is 5.66. The van der Waals surface area contributed by atoms with Gasteiger partial charge in [0.25, 0.3) is 6.47 Å². The molecule has 1 rings (SSSR count). The smallest absolute Gasteiger partial charge is 0.293 e. The topological polar surface area (TPSA) is 58.6 Å². The molecular weight excluding hydrogens is 170 g/mol. The number of ether oxygens (including phenoxy) is 1. The molecule has 1 heterocycles. The third-order valence-corrected chi connectivity index (χ3v) is 1.44. The second-order valence-electron chi connectivity index (χ2n) is 3.97. The molecule has 0 spiro atoms. The van der Waals surface area contributed by atoms with E-state index in [-0.39, 0.29) is 11.7 Å². The fourth-order valence-electron chi connectivity index (χ4n) is 0.784. The minimum Gasteiger partial charge on any atom is -0.462 e. The van der Waals surface area contributed by atoms with Gasteiger partial charge in [0.1, 0.15) is 5.60 Å². The second kappa shape index (κ2) is 5.94. The first-order chi connectivity index (χ1) is 5.95. The largest absolute Gasteiger partial charge is 0.462 e. The van der Waals surface area contributed by atoms with Gasteiger partial charge in [0, 0.05) is 6.54 Å². The van der Waals surface area contributed by atoms with Crippen molar-refractivity contribution < 1.29 is 14.6 Å². The fraction of sp³-hybridized carbons (Fsp3) is 0.889. The summed E-state index contributed by atoms with van der Waals surface area (Å²) < 4.78 is 4.55. The van der Waals surface area contributed by atoms with Crippen LogP contribution < -0.4 is 5.32 Å². The van der Waals surface area contributed by atoms with Gasteiger partial charge in [-0.25, -0.2) is 0 Å². The summed E-state index contributed by atoms with van der Waals surface area (Å²) in [5.74, 6) is 0. The molecule has 0 amide bonds. The molecular formula is C9H19NO3. The highest BCUT2D eigenvalue weighted by molar-refractivity contribution is 5.37. The van der Waals surface area contributed by atoms with E-state index >= 15 is 0 Å². The van der Waals surface area contributed by atoms with Crippen molar-refractivity contribution in [1.82, 2.24) is 5.32 Å². The van der Waals surface area contributed by atoms with Crippen molar-refractivity contribution in [2.75, 3.05) is 13.1 Å². The monoisotopic (exact) mass is 189 g/mol. The third-order valence-electron chi connectivity index (χ3n) is 1.44. The molecule has 1 aliphatic heterocycles. The van der Waals surface area contributed by atoms with Crippen molar-refractivity contribution in [2.24, 2.45) is 0 Å². The predicted molar refractivity (Wildman–Crippen MR) is 50.4 cm³/mol. The summed E-state index contributed by atoms with van der Waals surface area (Å²) in [6.07, 6.45) is 0.866. The molecule has 1 aliphatic rings. The molecule has 0 aromatic carbocycles. The first-order valence-electron chi connectivity index (χ1n) is 4.46. The molecule has 0 aromatic heterocycles. The van der Waals surface area contributed by atoms with Gasteiger partial charge in [-0.15, -0.1) is 0 Å². The Bertz CT molecular complexity index is 136. The van der Waals surface area contributed by atoms with Gasteiger partial charge in [0.15, 0.2) is 0 Å². The Labute approximate surface area is 79.3 Å². The van der Waals surface area contributed by atoms with E-state index in [2.05, 4.69) is 10.1 Å². The summed E-state index contributed by atoms with van der Waals surface area (Å²) in [5.41, 5.74) is -0.318. The standard InChI is InChI=1S/C5H10O2.C4H9NO/c1-5(2,3)7-4-6;6-4-1-2-5-3-4/h4H,1-3H3;4-6H,1-3H2. The number of aliphatic hydroxyl groups is 1. The van der Waals surface area contributed by atoms with Gasteiger partial charge < -0.3 is 15.2 Å². The summed E-state index contributed by atoms with van der Waals surface area (Å²) in [7, 11) is 0. The van der Waals surface area contributed by atoms with Crippen LogP contribution >= 0.6 is 0 Å². The summed E-state index contributed by atoms with van der Waals surface area (Å²) in [5, 5.41) is 11.7.